The molecule has 1 N–H and O–H groups in total. The molecule has 0 saturated carbocycles. The zero-order chi connectivity index (χ0) is 13.1. The number of hydrogen-bond donors (Lipinski definition) is 1. The van der Waals surface area contributed by atoms with Crippen LogP contribution < -0.4 is 4.90 Å². The fraction of sp³-hybridized carbons (Fsp3) is 0.308. The van der Waals surface area contributed by atoms with Gasteiger partial charge in [0.15, 0.2) is 5.13 Å². The van der Waals surface area contributed by atoms with Crippen LogP contribution in [0.2, 0.25) is 5.02 Å². The summed E-state index contributed by atoms with van der Waals surface area (Å²) in [7, 11) is 1.99. The van der Waals surface area contributed by atoms with E-state index in [9.17, 15) is 5.11 Å². The van der Waals surface area contributed by atoms with Crippen molar-refractivity contribution >= 4 is 28.1 Å². The summed E-state index contributed by atoms with van der Waals surface area (Å²) < 4.78 is 0. The lowest BCUT2D eigenvalue weighted by Gasteiger charge is -2.15. The molecule has 0 spiro atoms. The van der Waals surface area contributed by atoms with Gasteiger partial charge in [-0.15, -0.1) is 0 Å². The lowest BCUT2D eigenvalue weighted by molar-refractivity contribution is 0.284. The van der Waals surface area contributed by atoms with Crippen molar-refractivity contribution in [1.82, 2.24) is 4.98 Å². The monoisotopic (exact) mass is 282 g/mol. The Hall–Kier alpha value is -1.10. The Labute approximate surface area is 116 Å². The Morgan fingerprint density at radius 1 is 1.33 bits per heavy atom. The van der Waals surface area contributed by atoms with E-state index in [2.05, 4.69) is 9.88 Å². The minimum absolute atomic E-state index is 0.0539. The fourth-order valence-corrected chi connectivity index (χ4v) is 2.66. The van der Waals surface area contributed by atoms with E-state index in [0.29, 0.717) is 0 Å². The van der Waals surface area contributed by atoms with Gasteiger partial charge in [-0.1, -0.05) is 35.1 Å². The first-order chi connectivity index (χ1) is 8.60. The Balaban J connectivity index is 2.11. The lowest BCUT2D eigenvalue weighted by atomic mass is 10.2. The molecule has 3 nitrogen and oxygen atoms in total. The predicted octanol–water partition coefficient (Wildman–Crippen LogP) is 3.23. The highest BCUT2D eigenvalue weighted by atomic mass is 35.5. The molecule has 0 radical (unpaired) electrons. The van der Waals surface area contributed by atoms with Crippen LogP contribution >= 0.6 is 22.9 Å². The molecule has 0 aliphatic carbocycles. The molecule has 2 rings (SSSR count). The van der Waals surface area contributed by atoms with Crippen LogP contribution in [-0.4, -0.2) is 17.1 Å². The molecule has 96 valence electrons. The van der Waals surface area contributed by atoms with Crippen molar-refractivity contribution in [3.8, 4) is 0 Å². The van der Waals surface area contributed by atoms with Gasteiger partial charge < -0.3 is 10.0 Å². The van der Waals surface area contributed by atoms with Crippen molar-refractivity contribution in [3.63, 3.8) is 0 Å². The number of nitrogens with zero attached hydrogens (tertiary/aromatic N) is 2. The van der Waals surface area contributed by atoms with E-state index in [-0.39, 0.29) is 6.61 Å². The smallest absolute Gasteiger partial charge is 0.185 e. The van der Waals surface area contributed by atoms with Crippen LogP contribution in [0.4, 0.5) is 5.13 Å². The molecule has 1 heterocycles. The molecule has 0 bridgehead atoms. The number of thiazole rings is 1. The standard InChI is InChI=1S/C13H15ClN2OS/c1-9-12(8-17)18-13(15-9)16(2)7-10-3-5-11(14)6-4-10/h3-6,17H,7-8H2,1-2H3. The molecule has 0 atom stereocenters. The second-order valence-corrected chi connectivity index (χ2v) is 5.64. The highest BCUT2D eigenvalue weighted by Gasteiger charge is 2.10. The number of anilines is 1. The molecule has 18 heavy (non-hydrogen) atoms. The summed E-state index contributed by atoms with van der Waals surface area (Å²) in [5.74, 6) is 0. The molecule has 0 fully saturated rings. The van der Waals surface area contributed by atoms with E-state index in [4.69, 9.17) is 11.6 Å². The zero-order valence-corrected chi connectivity index (χ0v) is 11.9. The van der Waals surface area contributed by atoms with Crippen LogP contribution in [0.1, 0.15) is 16.1 Å². The number of aliphatic hydroxyl groups excluding tert-OH is 1. The Kier molecular flexibility index (Phi) is 4.22. The Bertz CT molecular complexity index is 524. The molecular formula is C13H15ClN2OS. The molecule has 0 amide bonds. The van der Waals surface area contributed by atoms with E-state index in [1.807, 2.05) is 38.2 Å². The lowest BCUT2D eigenvalue weighted by Crippen LogP contribution is -2.15. The van der Waals surface area contributed by atoms with Crippen molar-refractivity contribution in [2.24, 2.45) is 0 Å². The third kappa shape index (κ3) is 3.02. The highest BCUT2D eigenvalue weighted by Crippen LogP contribution is 2.26. The summed E-state index contributed by atoms with van der Waals surface area (Å²) in [6, 6.07) is 7.78. The van der Waals surface area contributed by atoms with E-state index >= 15 is 0 Å². The first-order valence-corrected chi connectivity index (χ1v) is 6.82. The van der Waals surface area contributed by atoms with Gasteiger partial charge in [0.05, 0.1) is 17.2 Å². The maximum atomic E-state index is 9.17. The van der Waals surface area contributed by atoms with Gasteiger partial charge in [-0.3, -0.25) is 0 Å². The van der Waals surface area contributed by atoms with E-state index in [0.717, 1.165) is 27.3 Å². The largest absolute Gasteiger partial charge is 0.391 e. The van der Waals surface area contributed by atoms with Gasteiger partial charge >= 0.3 is 0 Å². The number of aliphatic hydroxyl groups is 1. The SMILES string of the molecule is Cc1nc(N(C)Cc2ccc(Cl)cc2)sc1CO. The van der Waals surface area contributed by atoms with Crippen molar-refractivity contribution in [3.05, 3.63) is 45.4 Å². The van der Waals surface area contributed by atoms with E-state index < -0.39 is 0 Å². The maximum absolute atomic E-state index is 9.17. The number of aryl methyl sites for hydroxylation is 1. The number of hydrogen-bond acceptors (Lipinski definition) is 4. The molecule has 0 aliphatic rings. The first-order valence-electron chi connectivity index (χ1n) is 5.63. The number of aromatic nitrogens is 1. The summed E-state index contributed by atoms with van der Waals surface area (Å²) in [4.78, 5) is 7.45. The van der Waals surface area contributed by atoms with Crippen LogP contribution in [0, 0.1) is 6.92 Å². The van der Waals surface area contributed by atoms with Crippen LogP contribution in [0.3, 0.4) is 0 Å². The molecule has 0 unspecified atom stereocenters. The minimum atomic E-state index is 0.0539. The average molecular weight is 283 g/mol. The second kappa shape index (κ2) is 5.69. The molecule has 0 saturated heterocycles. The van der Waals surface area contributed by atoms with Crippen LogP contribution in [-0.2, 0) is 13.2 Å². The molecular weight excluding hydrogens is 268 g/mol. The normalized spacial score (nSPS) is 10.7. The molecule has 1 aromatic heterocycles. The predicted molar refractivity (Wildman–Crippen MR) is 76.3 cm³/mol. The van der Waals surface area contributed by atoms with Crippen LogP contribution in [0.25, 0.3) is 0 Å². The third-order valence-corrected chi connectivity index (χ3v) is 4.19. The van der Waals surface area contributed by atoms with E-state index in [1.54, 1.807) is 0 Å². The first kappa shape index (κ1) is 13.3. The Morgan fingerprint density at radius 3 is 2.56 bits per heavy atom. The summed E-state index contributed by atoms with van der Waals surface area (Å²) in [6.07, 6.45) is 0. The van der Waals surface area contributed by atoms with Gasteiger partial charge in [-0.05, 0) is 24.6 Å². The molecule has 5 heteroatoms. The van der Waals surface area contributed by atoms with Gasteiger partial charge in [0.2, 0.25) is 0 Å². The second-order valence-electron chi connectivity index (χ2n) is 4.15. The van der Waals surface area contributed by atoms with Crippen molar-refractivity contribution in [2.75, 3.05) is 11.9 Å². The average Bonchev–Trinajstić information content (AvgIpc) is 2.73. The topological polar surface area (TPSA) is 36.4 Å². The number of halogens is 1. The molecule has 0 aliphatic heterocycles. The summed E-state index contributed by atoms with van der Waals surface area (Å²) in [6.45, 7) is 2.74. The molecule has 1 aromatic carbocycles. The van der Waals surface area contributed by atoms with Crippen LogP contribution in [0.15, 0.2) is 24.3 Å². The van der Waals surface area contributed by atoms with Crippen molar-refractivity contribution < 1.29 is 5.11 Å². The van der Waals surface area contributed by atoms with Gasteiger partial charge in [0.1, 0.15) is 0 Å². The molecule has 2 aromatic rings. The van der Waals surface area contributed by atoms with Gasteiger partial charge in [-0.25, -0.2) is 4.98 Å². The Morgan fingerprint density at radius 2 is 2.00 bits per heavy atom. The van der Waals surface area contributed by atoms with Crippen molar-refractivity contribution in [2.45, 2.75) is 20.1 Å². The van der Waals surface area contributed by atoms with Gasteiger partial charge in [0.25, 0.3) is 0 Å². The number of rotatable bonds is 4. The van der Waals surface area contributed by atoms with Crippen molar-refractivity contribution in [1.29, 1.82) is 0 Å². The van der Waals surface area contributed by atoms with Gasteiger partial charge in [-0.2, -0.15) is 0 Å². The fourth-order valence-electron chi connectivity index (χ4n) is 1.65. The third-order valence-electron chi connectivity index (χ3n) is 2.68. The van der Waals surface area contributed by atoms with Crippen LogP contribution in [0.5, 0.6) is 0 Å². The number of benzene rings is 1. The summed E-state index contributed by atoms with van der Waals surface area (Å²) in [5, 5.41) is 10.8. The highest BCUT2D eigenvalue weighted by molar-refractivity contribution is 7.15. The zero-order valence-electron chi connectivity index (χ0n) is 10.4. The summed E-state index contributed by atoms with van der Waals surface area (Å²) in [5.41, 5.74) is 2.08. The summed E-state index contributed by atoms with van der Waals surface area (Å²) >= 11 is 7.39. The quantitative estimate of drug-likeness (QED) is 0.935. The van der Waals surface area contributed by atoms with Gasteiger partial charge in [0, 0.05) is 18.6 Å². The van der Waals surface area contributed by atoms with E-state index in [1.165, 1.54) is 16.9 Å². The maximum Gasteiger partial charge on any atom is 0.185 e. The minimum Gasteiger partial charge on any atom is -0.391 e.